The van der Waals surface area contributed by atoms with E-state index in [1.165, 1.54) is 0 Å². The second kappa shape index (κ2) is 6.29. The van der Waals surface area contributed by atoms with Crippen molar-refractivity contribution < 1.29 is 0 Å². The van der Waals surface area contributed by atoms with Crippen LogP contribution in [0.2, 0.25) is 0 Å². The number of hydrogen-bond acceptors (Lipinski definition) is 4. The Morgan fingerprint density at radius 2 is 2.11 bits per heavy atom. The summed E-state index contributed by atoms with van der Waals surface area (Å²) in [5.74, 6) is 0. The highest BCUT2D eigenvalue weighted by atomic mass is 15.4. The lowest BCUT2D eigenvalue weighted by atomic mass is 9.86. The normalized spacial score (nSPS) is 16.8. The van der Waals surface area contributed by atoms with E-state index in [0.717, 1.165) is 25.1 Å². The molecule has 0 aliphatic carbocycles. The molecule has 1 rings (SSSR count). The van der Waals surface area contributed by atoms with E-state index in [9.17, 15) is 0 Å². The third-order valence-electron chi connectivity index (χ3n) is 4.03. The van der Waals surface area contributed by atoms with E-state index in [2.05, 4.69) is 55.4 Å². The SMILES string of the molecule is CCCn1nncc1C(NC)C(C)(CC)N(C)C. The number of hydrogen-bond donors (Lipinski definition) is 1. The molecule has 0 saturated heterocycles. The van der Waals surface area contributed by atoms with Gasteiger partial charge in [-0.2, -0.15) is 0 Å². The standard InChI is InChI=1S/C13H27N5/c1-7-9-18-11(10-15-16-18)12(14-4)13(3,8-2)17(5)6/h10,12,14H,7-9H2,1-6H3. The van der Waals surface area contributed by atoms with E-state index in [1.54, 1.807) is 0 Å². The van der Waals surface area contributed by atoms with Crippen molar-refractivity contribution in [2.24, 2.45) is 0 Å². The smallest absolute Gasteiger partial charge is 0.0775 e. The lowest BCUT2D eigenvalue weighted by Crippen LogP contribution is -2.51. The van der Waals surface area contributed by atoms with E-state index in [4.69, 9.17) is 0 Å². The predicted octanol–water partition coefficient (Wildman–Crippen LogP) is 1.68. The molecule has 1 aromatic heterocycles. The molecule has 1 aromatic rings. The third-order valence-corrected chi connectivity index (χ3v) is 4.03. The van der Waals surface area contributed by atoms with Crippen LogP contribution in [0.3, 0.4) is 0 Å². The summed E-state index contributed by atoms with van der Waals surface area (Å²) in [7, 11) is 6.26. The number of aromatic nitrogens is 3. The van der Waals surface area contributed by atoms with Crippen molar-refractivity contribution in [1.82, 2.24) is 25.2 Å². The number of aryl methyl sites for hydroxylation is 1. The lowest BCUT2D eigenvalue weighted by Gasteiger charge is -2.42. The Labute approximate surface area is 111 Å². The molecule has 0 aromatic carbocycles. The number of nitrogens with one attached hydrogen (secondary N) is 1. The molecular weight excluding hydrogens is 226 g/mol. The molecule has 104 valence electrons. The lowest BCUT2D eigenvalue weighted by molar-refractivity contribution is 0.112. The minimum Gasteiger partial charge on any atom is -0.310 e. The maximum atomic E-state index is 4.19. The van der Waals surface area contributed by atoms with Crippen molar-refractivity contribution in [3.05, 3.63) is 11.9 Å². The van der Waals surface area contributed by atoms with Crippen molar-refractivity contribution in [3.63, 3.8) is 0 Å². The van der Waals surface area contributed by atoms with Gasteiger partial charge in [-0.15, -0.1) is 5.10 Å². The molecule has 1 N–H and O–H groups in total. The van der Waals surface area contributed by atoms with Crippen LogP contribution in [0.1, 0.15) is 45.3 Å². The average molecular weight is 253 g/mol. The van der Waals surface area contributed by atoms with Crippen LogP contribution in [0.4, 0.5) is 0 Å². The van der Waals surface area contributed by atoms with Gasteiger partial charge in [0, 0.05) is 12.1 Å². The fraction of sp³-hybridized carbons (Fsp3) is 0.846. The molecule has 5 nitrogen and oxygen atoms in total. The molecule has 2 atom stereocenters. The summed E-state index contributed by atoms with van der Waals surface area (Å²) in [5, 5.41) is 11.7. The summed E-state index contributed by atoms with van der Waals surface area (Å²) >= 11 is 0. The van der Waals surface area contributed by atoms with E-state index >= 15 is 0 Å². The first-order chi connectivity index (χ1) is 8.51. The summed E-state index contributed by atoms with van der Waals surface area (Å²) in [6, 6.07) is 0.221. The molecule has 0 amide bonds. The molecule has 1 heterocycles. The van der Waals surface area contributed by atoms with Crippen molar-refractivity contribution in [2.75, 3.05) is 21.1 Å². The Morgan fingerprint density at radius 3 is 2.56 bits per heavy atom. The van der Waals surface area contributed by atoms with Gasteiger partial charge in [-0.25, -0.2) is 4.68 Å². The second-order valence-electron chi connectivity index (χ2n) is 5.21. The molecule has 0 aliphatic rings. The monoisotopic (exact) mass is 253 g/mol. The van der Waals surface area contributed by atoms with Gasteiger partial charge in [0.2, 0.25) is 0 Å². The molecule has 5 heteroatoms. The number of likely N-dealkylation sites (N-methyl/N-ethyl adjacent to an activating group) is 2. The van der Waals surface area contributed by atoms with Crippen LogP contribution in [0.25, 0.3) is 0 Å². The van der Waals surface area contributed by atoms with Gasteiger partial charge < -0.3 is 10.2 Å². The molecular formula is C13H27N5. The summed E-state index contributed by atoms with van der Waals surface area (Å²) in [6.45, 7) is 7.57. The summed E-state index contributed by atoms with van der Waals surface area (Å²) < 4.78 is 2.01. The topological polar surface area (TPSA) is 46.0 Å². The first-order valence-corrected chi connectivity index (χ1v) is 6.74. The van der Waals surface area contributed by atoms with Gasteiger partial charge in [-0.1, -0.05) is 19.1 Å². The van der Waals surface area contributed by atoms with Crippen LogP contribution in [-0.4, -0.2) is 46.6 Å². The highest BCUT2D eigenvalue weighted by molar-refractivity contribution is 5.11. The fourth-order valence-electron chi connectivity index (χ4n) is 2.43. The Bertz CT molecular complexity index is 360. The maximum absolute atomic E-state index is 4.19. The van der Waals surface area contributed by atoms with E-state index < -0.39 is 0 Å². The summed E-state index contributed by atoms with van der Waals surface area (Å²) in [4.78, 5) is 2.28. The predicted molar refractivity (Wildman–Crippen MR) is 74.5 cm³/mol. The van der Waals surface area contributed by atoms with Gasteiger partial charge in [0.25, 0.3) is 0 Å². The molecule has 2 unspecified atom stereocenters. The summed E-state index contributed by atoms with van der Waals surface area (Å²) in [6.07, 6.45) is 4.01. The summed E-state index contributed by atoms with van der Waals surface area (Å²) in [5.41, 5.74) is 1.21. The molecule has 0 aliphatic heterocycles. The van der Waals surface area contributed by atoms with Gasteiger partial charge in [0.05, 0.1) is 17.9 Å². The Kier molecular flexibility index (Phi) is 5.28. The van der Waals surface area contributed by atoms with Crippen LogP contribution < -0.4 is 5.32 Å². The quantitative estimate of drug-likeness (QED) is 0.803. The second-order valence-corrected chi connectivity index (χ2v) is 5.21. The fourth-order valence-corrected chi connectivity index (χ4v) is 2.43. The average Bonchev–Trinajstić information content (AvgIpc) is 2.78. The third kappa shape index (κ3) is 2.72. The Hall–Kier alpha value is -0.940. The van der Waals surface area contributed by atoms with Gasteiger partial charge in [-0.3, -0.25) is 0 Å². The van der Waals surface area contributed by atoms with Crippen molar-refractivity contribution in [1.29, 1.82) is 0 Å². The van der Waals surface area contributed by atoms with Crippen molar-refractivity contribution in [2.45, 2.75) is 51.7 Å². The van der Waals surface area contributed by atoms with Crippen LogP contribution in [0.5, 0.6) is 0 Å². The molecule has 0 spiro atoms. The van der Waals surface area contributed by atoms with Crippen LogP contribution in [0.15, 0.2) is 6.20 Å². The maximum Gasteiger partial charge on any atom is 0.0775 e. The van der Waals surface area contributed by atoms with Gasteiger partial charge in [-0.05, 0) is 40.9 Å². The largest absolute Gasteiger partial charge is 0.310 e. The molecule has 18 heavy (non-hydrogen) atoms. The van der Waals surface area contributed by atoms with E-state index in [1.807, 2.05) is 17.9 Å². The Morgan fingerprint density at radius 1 is 1.44 bits per heavy atom. The highest BCUT2D eigenvalue weighted by Crippen LogP contribution is 2.32. The van der Waals surface area contributed by atoms with Gasteiger partial charge in [0.15, 0.2) is 0 Å². The number of nitrogens with zero attached hydrogens (tertiary/aromatic N) is 4. The van der Waals surface area contributed by atoms with Gasteiger partial charge in [0.1, 0.15) is 0 Å². The molecule has 0 radical (unpaired) electrons. The number of rotatable bonds is 7. The minimum absolute atomic E-state index is 0.0436. The van der Waals surface area contributed by atoms with E-state index in [-0.39, 0.29) is 11.6 Å². The van der Waals surface area contributed by atoms with Crippen molar-refractivity contribution >= 4 is 0 Å². The zero-order valence-corrected chi connectivity index (χ0v) is 12.6. The molecule has 0 saturated carbocycles. The zero-order valence-electron chi connectivity index (χ0n) is 12.6. The highest BCUT2D eigenvalue weighted by Gasteiger charge is 2.36. The zero-order chi connectivity index (χ0) is 13.8. The van der Waals surface area contributed by atoms with Gasteiger partial charge >= 0.3 is 0 Å². The van der Waals surface area contributed by atoms with Crippen LogP contribution in [-0.2, 0) is 6.54 Å². The van der Waals surface area contributed by atoms with Crippen LogP contribution >= 0.6 is 0 Å². The first kappa shape index (κ1) is 15.1. The Balaban J connectivity index is 3.11. The molecule has 0 fully saturated rings. The van der Waals surface area contributed by atoms with E-state index in [0.29, 0.717) is 0 Å². The minimum atomic E-state index is 0.0436. The molecule has 0 bridgehead atoms. The van der Waals surface area contributed by atoms with Crippen LogP contribution in [0, 0.1) is 0 Å². The first-order valence-electron chi connectivity index (χ1n) is 6.74. The van der Waals surface area contributed by atoms with Crippen molar-refractivity contribution in [3.8, 4) is 0 Å².